The number of alkyl halides is 2. The van der Waals surface area contributed by atoms with Crippen LogP contribution in [0, 0.1) is 0 Å². The molecule has 3 heterocycles. The summed E-state index contributed by atoms with van der Waals surface area (Å²) in [5.74, 6) is 0.288. The van der Waals surface area contributed by atoms with Crippen molar-refractivity contribution in [3.8, 4) is 5.75 Å². The lowest BCUT2D eigenvalue weighted by Gasteiger charge is -2.22. The Kier molecular flexibility index (Phi) is 7.07. The van der Waals surface area contributed by atoms with Crippen molar-refractivity contribution in [2.75, 3.05) is 12.3 Å². The van der Waals surface area contributed by atoms with Crippen molar-refractivity contribution in [2.24, 2.45) is 0 Å². The van der Waals surface area contributed by atoms with Crippen LogP contribution in [0.25, 0.3) is 16.6 Å². The average molecular weight is 502 g/mol. The molecule has 0 radical (unpaired) electrons. The first-order chi connectivity index (χ1) is 16.8. The van der Waals surface area contributed by atoms with Crippen LogP contribution >= 0.6 is 11.6 Å². The molecule has 1 aliphatic rings. The SMILES string of the molecule is CC.C[C@@H]1CCN(C(=O)c2cc3c(cc2Cl)nc(N)c2cncn23)Cc2ccc(OC(F)F)cc21. The van der Waals surface area contributed by atoms with Crippen LogP contribution in [0.5, 0.6) is 5.75 Å². The summed E-state index contributed by atoms with van der Waals surface area (Å²) in [6, 6.07) is 8.20. The molecule has 2 aromatic heterocycles. The topological polar surface area (TPSA) is 85.8 Å². The maximum absolute atomic E-state index is 13.5. The largest absolute Gasteiger partial charge is 0.435 e. The van der Waals surface area contributed by atoms with E-state index in [0.717, 1.165) is 11.1 Å². The highest BCUT2D eigenvalue weighted by Crippen LogP contribution is 2.33. The molecule has 0 bridgehead atoms. The third kappa shape index (κ3) is 4.73. The summed E-state index contributed by atoms with van der Waals surface area (Å²) in [7, 11) is 0. The molecule has 0 fully saturated rings. The van der Waals surface area contributed by atoms with Gasteiger partial charge in [0.1, 0.15) is 17.1 Å². The lowest BCUT2D eigenvalue weighted by atomic mass is 9.94. The van der Waals surface area contributed by atoms with E-state index in [1.54, 1.807) is 46.1 Å². The Bertz CT molecular complexity index is 1390. The quantitative estimate of drug-likeness (QED) is 0.378. The maximum atomic E-state index is 13.5. The summed E-state index contributed by atoms with van der Waals surface area (Å²) < 4.78 is 31.6. The van der Waals surface area contributed by atoms with E-state index in [1.807, 2.05) is 20.8 Å². The molecule has 35 heavy (non-hydrogen) atoms. The van der Waals surface area contributed by atoms with Crippen LogP contribution in [0.4, 0.5) is 14.6 Å². The lowest BCUT2D eigenvalue weighted by molar-refractivity contribution is -0.0499. The molecule has 0 saturated heterocycles. The van der Waals surface area contributed by atoms with Gasteiger partial charge in [-0.3, -0.25) is 9.20 Å². The van der Waals surface area contributed by atoms with Gasteiger partial charge in [0.2, 0.25) is 0 Å². The number of rotatable bonds is 3. The minimum absolute atomic E-state index is 0.0730. The van der Waals surface area contributed by atoms with Crippen molar-refractivity contribution >= 4 is 39.9 Å². The van der Waals surface area contributed by atoms with Crippen LogP contribution in [0.1, 0.15) is 54.6 Å². The van der Waals surface area contributed by atoms with E-state index < -0.39 is 6.61 Å². The Balaban J connectivity index is 0.00000141. The number of hydrogen-bond donors (Lipinski definition) is 1. The van der Waals surface area contributed by atoms with E-state index in [4.69, 9.17) is 17.3 Å². The van der Waals surface area contributed by atoms with Gasteiger partial charge in [0.15, 0.2) is 0 Å². The van der Waals surface area contributed by atoms with Crippen LogP contribution in [0.2, 0.25) is 5.02 Å². The molecule has 1 atom stereocenters. The Morgan fingerprint density at radius 2 is 2.00 bits per heavy atom. The number of imidazole rings is 1. The van der Waals surface area contributed by atoms with Gasteiger partial charge in [0, 0.05) is 13.1 Å². The number of anilines is 1. The third-order valence-electron chi connectivity index (χ3n) is 6.05. The van der Waals surface area contributed by atoms with Gasteiger partial charge < -0.3 is 15.4 Å². The standard InChI is InChI=1S/C23H20ClF2N5O2.C2H6/c1-12-4-5-30(10-13-2-3-14(6-15(12)13)33-23(25)26)22(32)16-7-19-18(8-17(16)24)29-21(27)20-9-28-11-31(19)20;1-2/h2-3,6-9,11-12,23H,4-5,10H2,1H3,(H2,27,29);1-2H3/t12-;/m1./s1. The Hall–Kier alpha value is -3.46. The maximum Gasteiger partial charge on any atom is 0.387 e. The number of hydrogen-bond acceptors (Lipinski definition) is 5. The normalized spacial score (nSPS) is 15.5. The number of amides is 1. The monoisotopic (exact) mass is 501 g/mol. The van der Waals surface area contributed by atoms with Crippen molar-refractivity contribution in [1.82, 2.24) is 19.3 Å². The van der Waals surface area contributed by atoms with E-state index in [-0.39, 0.29) is 22.6 Å². The van der Waals surface area contributed by atoms with E-state index in [0.29, 0.717) is 47.4 Å². The molecular weight excluding hydrogens is 476 g/mol. The van der Waals surface area contributed by atoms with E-state index >= 15 is 0 Å². The number of carbonyl (C=O) groups excluding carboxylic acids is 1. The van der Waals surface area contributed by atoms with Crippen LogP contribution < -0.4 is 10.5 Å². The number of nitrogen functional groups attached to an aromatic ring is 1. The van der Waals surface area contributed by atoms with Gasteiger partial charge in [0.25, 0.3) is 5.91 Å². The second kappa shape index (κ2) is 10.0. The first-order valence-corrected chi connectivity index (χ1v) is 11.8. The number of aromatic nitrogens is 3. The van der Waals surface area contributed by atoms with Gasteiger partial charge >= 0.3 is 6.61 Å². The van der Waals surface area contributed by atoms with Gasteiger partial charge in [-0.15, -0.1) is 0 Å². The van der Waals surface area contributed by atoms with Crippen molar-refractivity contribution in [3.63, 3.8) is 0 Å². The third-order valence-corrected chi connectivity index (χ3v) is 6.36. The summed E-state index contributed by atoms with van der Waals surface area (Å²) in [5, 5.41) is 0.275. The molecule has 0 unspecified atom stereocenters. The number of benzene rings is 2. The lowest BCUT2D eigenvalue weighted by Crippen LogP contribution is -2.31. The molecule has 2 aromatic carbocycles. The highest BCUT2D eigenvalue weighted by Gasteiger charge is 2.26. The smallest absolute Gasteiger partial charge is 0.387 e. The molecule has 5 rings (SSSR count). The fraction of sp³-hybridized carbons (Fsp3) is 0.320. The fourth-order valence-electron chi connectivity index (χ4n) is 4.35. The van der Waals surface area contributed by atoms with Gasteiger partial charge in [0.05, 0.1) is 34.1 Å². The Morgan fingerprint density at radius 3 is 2.74 bits per heavy atom. The zero-order chi connectivity index (χ0) is 25.3. The zero-order valence-electron chi connectivity index (χ0n) is 19.6. The van der Waals surface area contributed by atoms with E-state index in [9.17, 15) is 13.6 Å². The Labute approximate surface area is 206 Å². The van der Waals surface area contributed by atoms with Crippen molar-refractivity contribution in [3.05, 3.63) is 64.6 Å². The summed E-state index contributed by atoms with van der Waals surface area (Å²) >= 11 is 6.49. The number of halogens is 3. The van der Waals surface area contributed by atoms with E-state index in [2.05, 4.69) is 14.7 Å². The molecule has 1 aliphatic heterocycles. The number of ether oxygens (including phenoxy) is 1. The molecule has 10 heteroatoms. The summed E-state index contributed by atoms with van der Waals surface area (Å²) in [6.45, 7) is 3.95. The minimum atomic E-state index is -2.89. The molecule has 0 saturated carbocycles. The van der Waals surface area contributed by atoms with Gasteiger partial charge in [-0.1, -0.05) is 38.4 Å². The first-order valence-electron chi connectivity index (χ1n) is 11.4. The number of nitrogens with two attached hydrogens (primary N) is 1. The second-order valence-electron chi connectivity index (χ2n) is 8.12. The summed E-state index contributed by atoms with van der Waals surface area (Å²) in [5.41, 5.74) is 10.00. The molecule has 2 N–H and O–H groups in total. The van der Waals surface area contributed by atoms with Crippen molar-refractivity contribution in [2.45, 2.75) is 46.3 Å². The van der Waals surface area contributed by atoms with Crippen LogP contribution in [0.3, 0.4) is 0 Å². The molecule has 184 valence electrons. The average Bonchev–Trinajstić information content (AvgIpc) is 3.27. The molecule has 7 nitrogen and oxygen atoms in total. The van der Waals surface area contributed by atoms with Gasteiger partial charge in [-0.25, -0.2) is 9.97 Å². The molecular formula is C25H26ClF2N5O2. The zero-order valence-corrected chi connectivity index (χ0v) is 20.4. The molecule has 4 aromatic rings. The highest BCUT2D eigenvalue weighted by atomic mass is 35.5. The van der Waals surface area contributed by atoms with Gasteiger partial charge in [-0.2, -0.15) is 8.78 Å². The van der Waals surface area contributed by atoms with Crippen molar-refractivity contribution < 1.29 is 18.3 Å². The summed E-state index contributed by atoms with van der Waals surface area (Å²) in [4.78, 5) is 23.8. The number of fused-ring (bicyclic) bond motifs is 4. The molecule has 0 spiro atoms. The predicted octanol–water partition coefficient (Wildman–Crippen LogP) is 5.90. The van der Waals surface area contributed by atoms with Crippen LogP contribution in [-0.4, -0.2) is 38.3 Å². The number of carbonyl (C=O) groups is 1. The molecule has 0 aliphatic carbocycles. The predicted molar refractivity (Wildman–Crippen MR) is 132 cm³/mol. The van der Waals surface area contributed by atoms with E-state index in [1.165, 1.54) is 6.07 Å². The Morgan fingerprint density at radius 1 is 1.23 bits per heavy atom. The second-order valence-corrected chi connectivity index (χ2v) is 8.53. The van der Waals surface area contributed by atoms with Crippen molar-refractivity contribution in [1.29, 1.82) is 0 Å². The van der Waals surface area contributed by atoms with Crippen LogP contribution in [0.15, 0.2) is 42.9 Å². The van der Waals surface area contributed by atoms with Gasteiger partial charge in [-0.05, 0) is 47.7 Å². The molecule has 1 amide bonds. The summed E-state index contributed by atoms with van der Waals surface area (Å²) in [6.07, 6.45) is 3.89. The minimum Gasteiger partial charge on any atom is -0.435 e. The van der Waals surface area contributed by atoms with Crippen LogP contribution in [-0.2, 0) is 6.54 Å². The fourth-order valence-corrected chi connectivity index (χ4v) is 4.59. The number of nitrogens with zero attached hydrogens (tertiary/aromatic N) is 4. The first kappa shape index (κ1) is 24.7. The highest BCUT2D eigenvalue weighted by molar-refractivity contribution is 6.34.